The first-order chi connectivity index (χ1) is 24.7. The second-order valence-electron chi connectivity index (χ2n) is 11.5. The molecule has 0 aromatic heterocycles. The second-order valence-corrected chi connectivity index (χ2v) is 11.5. The summed E-state index contributed by atoms with van der Waals surface area (Å²) in [6.07, 6.45) is 4.59. The Morgan fingerprint density at radius 2 is 1.04 bits per heavy atom. The molecular weight excluding hydrogens is 653 g/mol. The van der Waals surface area contributed by atoms with Gasteiger partial charge in [-0.05, 0) is 47.0 Å². The van der Waals surface area contributed by atoms with E-state index in [1.54, 1.807) is 17.1 Å². The fourth-order valence-corrected chi connectivity index (χ4v) is 5.46. The summed E-state index contributed by atoms with van der Waals surface area (Å²) in [4.78, 5) is 25.2. The van der Waals surface area contributed by atoms with E-state index in [0.717, 1.165) is 28.0 Å². The third kappa shape index (κ3) is 11.2. The molecule has 0 fully saturated rings. The molecule has 0 saturated heterocycles. The van der Waals surface area contributed by atoms with E-state index in [4.69, 9.17) is 5.10 Å². The molecule has 0 aliphatic carbocycles. The van der Waals surface area contributed by atoms with Crippen LogP contribution in [0.2, 0.25) is 0 Å². The number of nitrogens with one attached hydrogen (secondary N) is 1. The lowest BCUT2D eigenvalue weighted by Gasteiger charge is -2.22. The van der Waals surface area contributed by atoms with Gasteiger partial charge in [0.05, 0.1) is 17.5 Å². The van der Waals surface area contributed by atoms with E-state index in [1.807, 2.05) is 170 Å². The lowest BCUT2D eigenvalue weighted by Crippen LogP contribution is -2.27. The Balaban J connectivity index is 0.000000270. The van der Waals surface area contributed by atoms with Crippen molar-refractivity contribution in [3.8, 4) is 0 Å². The summed E-state index contributed by atoms with van der Waals surface area (Å²) in [6.45, 7) is 0. The molecule has 1 atom stereocenters. The molecule has 7 rings (SSSR count). The molecule has 0 bridgehead atoms. The first-order valence-corrected chi connectivity index (χ1v) is 16.4. The van der Waals surface area contributed by atoms with Crippen LogP contribution in [0.4, 0.5) is 0 Å². The van der Waals surface area contributed by atoms with Gasteiger partial charge in [-0.1, -0.05) is 186 Å². The van der Waals surface area contributed by atoms with Gasteiger partial charge in [-0.3, -0.25) is 9.59 Å². The van der Waals surface area contributed by atoms with E-state index in [0.29, 0.717) is 23.3 Å². The van der Waals surface area contributed by atoms with E-state index in [1.165, 1.54) is 0 Å². The zero-order valence-electron chi connectivity index (χ0n) is 27.4. The molecule has 6 aromatic carbocycles. The van der Waals surface area contributed by atoms with Gasteiger partial charge in [0.1, 0.15) is 0 Å². The maximum Gasteiger partial charge on any atom is 0.274 e. The predicted molar refractivity (Wildman–Crippen MR) is 222 cm³/mol. The summed E-state index contributed by atoms with van der Waals surface area (Å²) >= 11 is 0. The van der Waals surface area contributed by atoms with Crippen LogP contribution in [-0.4, -0.2) is 28.2 Å². The Morgan fingerprint density at radius 1 is 0.585 bits per heavy atom. The van der Waals surface area contributed by atoms with Gasteiger partial charge < -0.3 is 0 Å². The van der Waals surface area contributed by atoms with Crippen LogP contribution >= 0.6 is 0 Å². The lowest BCUT2D eigenvalue weighted by molar-refractivity contribution is 0.0711. The van der Waals surface area contributed by atoms with Crippen molar-refractivity contribution in [1.82, 2.24) is 10.4 Å². The van der Waals surface area contributed by atoms with Crippen LogP contribution in [-0.2, 0) is 0 Å². The Morgan fingerprint density at radius 3 is 1.58 bits per heavy atom. The van der Waals surface area contributed by atoms with E-state index >= 15 is 0 Å². The third-order valence-corrected chi connectivity index (χ3v) is 8.05. The van der Waals surface area contributed by atoms with Crippen LogP contribution in [0.1, 0.15) is 77.7 Å². The number of carbonyl (C=O) groups is 2. The second kappa shape index (κ2) is 20.9. The van der Waals surface area contributed by atoms with E-state index in [2.05, 4.69) is 22.7 Å². The summed E-state index contributed by atoms with van der Waals surface area (Å²) in [6, 6.07) is 58.2. The molecule has 1 N–H and O–H groups in total. The number of hydrazone groups is 2. The van der Waals surface area contributed by atoms with Crippen molar-refractivity contribution in [2.24, 2.45) is 10.2 Å². The van der Waals surface area contributed by atoms with Crippen molar-refractivity contribution in [2.45, 2.75) is 34.7 Å². The van der Waals surface area contributed by atoms with Crippen LogP contribution in [0.5, 0.6) is 0 Å². The average molecular weight is 701 g/mol. The minimum Gasteiger partial charge on any atom is -0.267 e. The van der Waals surface area contributed by atoms with Gasteiger partial charge in [0.2, 0.25) is 0 Å². The van der Waals surface area contributed by atoms with Crippen molar-refractivity contribution >= 4 is 29.3 Å². The zero-order chi connectivity index (χ0) is 34.4. The van der Waals surface area contributed by atoms with Gasteiger partial charge in [-0.2, -0.15) is 10.2 Å². The minimum absolute atomic E-state index is 0. The number of rotatable bonds is 8. The van der Waals surface area contributed by atoms with Gasteiger partial charge in [-0.25, -0.2) is 10.4 Å². The lowest BCUT2D eigenvalue weighted by atomic mass is 9.98. The van der Waals surface area contributed by atoms with Crippen molar-refractivity contribution < 1.29 is 9.59 Å². The van der Waals surface area contributed by atoms with Crippen LogP contribution in [0.15, 0.2) is 198 Å². The molecule has 1 aliphatic heterocycles. The van der Waals surface area contributed by atoms with Gasteiger partial charge >= 0.3 is 0 Å². The number of amides is 2. The molecule has 2 amide bonds. The molecule has 6 aromatic rings. The maximum absolute atomic E-state index is 13.0. The molecule has 6 heteroatoms. The summed E-state index contributed by atoms with van der Waals surface area (Å²) in [5, 5.41) is 10.6. The monoisotopic (exact) mass is 700 g/mol. The minimum atomic E-state index is -0.234. The topological polar surface area (TPSA) is 74.1 Å². The Labute approximate surface area is 314 Å². The van der Waals surface area contributed by atoms with Gasteiger partial charge in [0.15, 0.2) is 0 Å². The highest BCUT2D eigenvalue weighted by atomic mass is 16.2. The molecule has 0 radical (unpaired) electrons. The van der Waals surface area contributed by atoms with E-state index < -0.39 is 0 Å². The molecule has 0 saturated carbocycles. The molecule has 268 valence electrons. The summed E-state index contributed by atoms with van der Waals surface area (Å²) in [5.74, 6) is -0.303. The van der Waals surface area contributed by atoms with E-state index in [-0.39, 0.29) is 40.1 Å². The maximum atomic E-state index is 13.0. The van der Waals surface area contributed by atoms with Gasteiger partial charge in [-0.15, -0.1) is 0 Å². The molecule has 1 aliphatic rings. The van der Waals surface area contributed by atoms with Crippen molar-refractivity contribution in [2.75, 3.05) is 0 Å². The zero-order valence-corrected chi connectivity index (χ0v) is 27.4. The number of allylic oxidation sites excluding steroid dienone is 1. The Bertz CT molecular complexity index is 2070. The fourth-order valence-electron chi connectivity index (χ4n) is 5.46. The standard InChI is InChI=1S/2C22H18N2O.3CH4/c25-22(19-14-8-3-9-15-19)24-21(18-12-6-2-7-13-18)16-20(23-24)17-10-4-1-5-11-17;25-22(20-14-8-3-9-15-20)24-23-21(19-12-6-2-7-13-19)17-16-18-10-4-1-5-11-18;;;/h1-15,21H,16H2;1-17H,(H,24,25);3*1H4/b;17-16+,23-21-;;;. The smallest absolute Gasteiger partial charge is 0.267 e. The Kier molecular flexibility index (Phi) is 16.1. The highest BCUT2D eigenvalue weighted by molar-refractivity contribution is 6.11. The van der Waals surface area contributed by atoms with Crippen molar-refractivity contribution in [1.29, 1.82) is 0 Å². The summed E-state index contributed by atoms with van der Waals surface area (Å²) in [7, 11) is 0. The SMILES string of the molecule is C.C.C.O=C(N/N=C(/C=C/c1ccccc1)c1ccccc1)c1ccccc1.O=C(c1ccccc1)N1N=C(c2ccccc2)CC1c1ccccc1. The average Bonchev–Trinajstić information content (AvgIpc) is 3.66. The fraction of sp³-hybridized carbons (Fsp3) is 0.106. The number of nitrogens with zero attached hydrogens (tertiary/aromatic N) is 3. The first-order valence-electron chi connectivity index (χ1n) is 16.4. The van der Waals surface area contributed by atoms with Gasteiger partial charge in [0.25, 0.3) is 11.8 Å². The molecule has 53 heavy (non-hydrogen) atoms. The van der Waals surface area contributed by atoms with Crippen molar-refractivity contribution in [3.05, 3.63) is 221 Å². The van der Waals surface area contributed by atoms with Crippen molar-refractivity contribution in [3.63, 3.8) is 0 Å². The third-order valence-electron chi connectivity index (χ3n) is 8.05. The quantitative estimate of drug-likeness (QED) is 0.127. The highest BCUT2D eigenvalue weighted by Gasteiger charge is 2.33. The van der Waals surface area contributed by atoms with E-state index in [9.17, 15) is 9.59 Å². The largest absolute Gasteiger partial charge is 0.274 e. The predicted octanol–water partition coefficient (Wildman–Crippen LogP) is 11.1. The first kappa shape index (κ1) is 40.8. The molecular formula is C47H48N4O2. The molecule has 0 spiro atoms. The highest BCUT2D eigenvalue weighted by Crippen LogP contribution is 2.33. The Hall–Kier alpha value is -6.66. The summed E-state index contributed by atoms with van der Waals surface area (Å²) in [5.41, 5.74) is 9.66. The molecule has 1 heterocycles. The van der Waals surface area contributed by atoms with Crippen LogP contribution in [0.25, 0.3) is 6.08 Å². The van der Waals surface area contributed by atoms with Crippen LogP contribution < -0.4 is 5.43 Å². The number of hydrogen-bond acceptors (Lipinski definition) is 4. The normalized spacial score (nSPS) is 13.2. The van der Waals surface area contributed by atoms with Gasteiger partial charge in [0, 0.05) is 23.1 Å². The number of carbonyl (C=O) groups excluding carboxylic acids is 2. The van der Waals surface area contributed by atoms with Crippen LogP contribution in [0.3, 0.4) is 0 Å². The molecule has 6 nitrogen and oxygen atoms in total. The van der Waals surface area contributed by atoms with Crippen LogP contribution in [0, 0.1) is 0 Å². The number of hydrogen-bond donors (Lipinski definition) is 1. The molecule has 1 unspecified atom stereocenters. The number of benzene rings is 6. The summed E-state index contributed by atoms with van der Waals surface area (Å²) < 4.78 is 0.